The van der Waals surface area contributed by atoms with E-state index in [0.29, 0.717) is 35.3 Å². The van der Waals surface area contributed by atoms with Gasteiger partial charge in [0, 0.05) is 36.4 Å². The molecule has 2 amide bonds. The van der Waals surface area contributed by atoms with Gasteiger partial charge in [0.1, 0.15) is 0 Å². The number of hydrogen-bond acceptors (Lipinski definition) is 6. The zero-order valence-corrected chi connectivity index (χ0v) is 21.8. The standard InChI is InChI=1S/C27H35N3O5S/c1-27(2,19-30-13-15-35-16-14-30)29-26(32)22-7-9-23(10-8-22)28-25(31)17-20-5-11-24(12-6-20)36(33,34)18-21-3-4-21/h5-12,21H,3-4,13-19H2,1-2H3,(H,28,31)(H,29,32). The lowest BCUT2D eigenvalue weighted by Gasteiger charge is -2.35. The molecular weight excluding hydrogens is 478 g/mol. The van der Waals surface area contributed by atoms with Crippen LogP contribution in [0.4, 0.5) is 5.69 Å². The molecule has 2 aromatic rings. The maximum absolute atomic E-state index is 12.8. The first kappa shape index (κ1) is 26.3. The van der Waals surface area contributed by atoms with Gasteiger partial charge in [0.05, 0.1) is 30.3 Å². The number of carbonyl (C=O) groups is 2. The third-order valence-corrected chi connectivity index (χ3v) is 8.31. The van der Waals surface area contributed by atoms with E-state index in [2.05, 4.69) is 15.5 Å². The minimum atomic E-state index is -3.26. The van der Waals surface area contributed by atoms with Crippen LogP contribution in [-0.4, -0.2) is 69.3 Å². The topological polar surface area (TPSA) is 105 Å². The van der Waals surface area contributed by atoms with Crippen LogP contribution in [0.25, 0.3) is 0 Å². The normalized spacial score (nSPS) is 16.9. The number of morpholine rings is 1. The fourth-order valence-corrected chi connectivity index (χ4v) is 6.04. The molecule has 0 bridgehead atoms. The Hall–Kier alpha value is -2.75. The molecule has 0 spiro atoms. The van der Waals surface area contributed by atoms with Crippen molar-refractivity contribution in [1.82, 2.24) is 10.2 Å². The lowest BCUT2D eigenvalue weighted by Crippen LogP contribution is -2.53. The Morgan fingerprint density at radius 1 is 1.00 bits per heavy atom. The Morgan fingerprint density at radius 3 is 2.25 bits per heavy atom. The van der Waals surface area contributed by atoms with E-state index in [1.165, 1.54) is 0 Å². The van der Waals surface area contributed by atoms with Crippen LogP contribution in [0.3, 0.4) is 0 Å². The van der Waals surface area contributed by atoms with E-state index in [1.807, 2.05) is 13.8 Å². The molecule has 0 aromatic heterocycles. The Balaban J connectivity index is 1.27. The van der Waals surface area contributed by atoms with Crippen molar-refractivity contribution in [1.29, 1.82) is 0 Å². The molecule has 1 aliphatic carbocycles. The van der Waals surface area contributed by atoms with Gasteiger partial charge in [0.15, 0.2) is 9.84 Å². The molecule has 8 nitrogen and oxygen atoms in total. The highest BCUT2D eigenvalue weighted by molar-refractivity contribution is 7.91. The summed E-state index contributed by atoms with van der Waals surface area (Å²) < 4.78 is 30.2. The smallest absolute Gasteiger partial charge is 0.251 e. The number of hydrogen-bond donors (Lipinski definition) is 2. The zero-order valence-electron chi connectivity index (χ0n) is 21.0. The van der Waals surface area contributed by atoms with Gasteiger partial charge in [-0.2, -0.15) is 0 Å². The van der Waals surface area contributed by atoms with E-state index in [1.54, 1.807) is 48.5 Å². The van der Waals surface area contributed by atoms with Crippen molar-refractivity contribution in [3.05, 3.63) is 59.7 Å². The van der Waals surface area contributed by atoms with E-state index < -0.39 is 15.4 Å². The second-order valence-corrected chi connectivity index (χ2v) is 12.4. The van der Waals surface area contributed by atoms with Crippen molar-refractivity contribution in [3.8, 4) is 0 Å². The monoisotopic (exact) mass is 513 g/mol. The lowest BCUT2D eigenvalue weighted by molar-refractivity contribution is -0.115. The molecule has 1 saturated heterocycles. The van der Waals surface area contributed by atoms with Gasteiger partial charge in [-0.05, 0) is 74.6 Å². The SMILES string of the molecule is CC(C)(CN1CCOCC1)NC(=O)c1ccc(NC(=O)Cc2ccc(S(=O)(=O)CC3CC3)cc2)cc1. The Morgan fingerprint density at radius 2 is 1.64 bits per heavy atom. The molecule has 2 aliphatic rings. The summed E-state index contributed by atoms with van der Waals surface area (Å²) in [4.78, 5) is 27.8. The van der Waals surface area contributed by atoms with Crippen LogP contribution in [0.1, 0.15) is 42.6 Å². The zero-order chi connectivity index (χ0) is 25.8. The highest BCUT2D eigenvalue weighted by Gasteiger charge is 2.29. The summed E-state index contributed by atoms with van der Waals surface area (Å²) in [5.74, 6) is 0.112. The van der Waals surface area contributed by atoms with Crippen LogP contribution >= 0.6 is 0 Å². The van der Waals surface area contributed by atoms with Crippen molar-refractivity contribution in [2.45, 2.75) is 43.5 Å². The number of nitrogens with one attached hydrogen (secondary N) is 2. The van der Waals surface area contributed by atoms with Crippen LogP contribution < -0.4 is 10.6 Å². The first-order valence-electron chi connectivity index (χ1n) is 12.4. The first-order valence-corrected chi connectivity index (χ1v) is 14.1. The summed E-state index contributed by atoms with van der Waals surface area (Å²) in [5.41, 5.74) is 1.45. The van der Waals surface area contributed by atoms with E-state index in [9.17, 15) is 18.0 Å². The Bertz CT molecular complexity index is 1170. The molecule has 2 N–H and O–H groups in total. The maximum atomic E-state index is 12.8. The molecule has 36 heavy (non-hydrogen) atoms. The number of carbonyl (C=O) groups excluding carboxylic acids is 2. The summed E-state index contributed by atoms with van der Waals surface area (Å²) in [7, 11) is -3.26. The van der Waals surface area contributed by atoms with Gasteiger partial charge >= 0.3 is 0 Å². The molecule has 1 aliphatic heterocycles. The average Bonchev–Trinajstić information content (AvgIpc) is 3.63. The first-order chi connectivity index (χ1) is 17.1. The molecule has 0 unspecified atom stereocenters. The van der Waals surface area contributed by atoms with E-state index in [0.717, 1.165) is 38.0 Å². The Kier molecular flexibility index (Phi) is 8.12. The third kappa shape index (κ3) is 7.62. The summed E-state index contributed by atoms with van der Waals surface area (Å²) in [6.45, 7) is 7.89. The van der Waals surface area contributed by atoms with E-state index in [-0.39, 0.29) is 24.0 Å². The van der Waals surface area contributed by atoms with Crippen LogP contribution in [0, 0.1) is 5.92 Å². The quantitative estimate of drug-likeness (QED) is 0.506. The summed E-state index contributed by atoms with van der Waals surface area (Å²) in [6.07, 6.45) is 2.09. The van der Waals surface area contributed by atoms with Gasteiger partial charge in [-0.25, -0.2) is 8.42 Å². The lowest BCUT2D eigenvalue weighted by atomic mass is 10.0. The van der Waals surface area contributed by atoms with Gasteiger partial charge < -0.3 is 15.4 Å². The van der Waals surface area contributed by atoms with Crippen LogP contribution in [0.2, 0.25) is 0 Å². The average molecular weight is 514 g/mol. The van der Waals surface area contributed by atoms with Gasteiger partial charge in [-0.3, -0.25) is 14.5 Å². The number of nitrogens with zero attached hydrogens (tertiary/aromatic N) is 1. The molecular formula is C27H35N3O5S. The van der Waals surface area contributed by atoms with Gasteiger partial charge in [-0.1, -0.05) is 12.1 Å². The third-order valence-electron chi connectivity index (χ3n) is 6.40. The number of ether oxygens (including phenoxy) is 1. The molecule has 194 valence electrons. The molecule has 1 saturated carbocycles. The predicted octanol–water partition coefficient (Wildman–Crippen LogP) is 2.89. The minimum Gasteiger partial charge on any atom is -0.379 e. The minimum absolute atomic E-state index is 0.126. The summed E-state index contributed by atoms with van der Waals surface area (Å²) in [5, 5.41) is 5.92. The van der Waals surface area contributed by atoms with Crippen molar-refractivity contribution < 1.29 is 22.7 Å². The second kappa shape index (κ2) is 11.1. The molecule has 0 atom stereocenters. The molecule has 9 heteroatoms. The Labute approximate surface area is 213 Å². The summed E-state index contributed by atoms with van der Waals surface area (Å²) in [6, 6.07) is 13.3. The second-order valence-electron chi connectivity index (χ2n) is 10.4. The molecule has 4 rings (SSSR count). The number of sulfone groups is 1. The fraction of sp³-hybridized carbons (Fsp3) is 0.481. The summed E-state index contributed by atoms with van der Waals surface area (Å²) >= 11 is 0. The van der Waals surface area contributed by atoms with Crippen molar-refractivity contribution in [2.75, 3.05) is 43.9 Å². The predicted molar refractivity (Wildman–Crippen MR) is 139 cm³/mol. The van der Waals surface area contributed by atoms with Crippen LogP contribution in [0.5, 0.6) is 0 Å². The fourth-order valence-electron chi connectivity index (χ4n) is 4.34. The molecule has 0 radical (unpaired) electrons. The van der Waals surface area contributed by atoms with Gasteiger partial charge in [0.2, 0.25) is 5.91 Å². The maximum Gasteiger partial charge on any atom is 0.251 e. The number of anilines is 1. The van der Waals surface area contributed by atoms with E-state index >= 15 is 0 Å². The van der Waals surface area contributed by atoms with Crippen molar-refractivity contribution in [2.24, 2.45) is 5.92 Å². The van der Waals surface area contributed by atoms with Crippen molar-refractivity contribution >= 4 is 27.3 Å². The molecule has 2 fully saturated rings. The number of amides is 2. The van der Waals surface area contributed by atoms with E-state index in [4.69, 9.17) is 4.74 Å². The molecule has 1 heterocycles. The number of benzene rings is 2. The highest BCUT2D eigenvalue weighted by atomic mass is 32.2. The van der Waals surface area contributed by atoms with Crippen LogP contribution in [-0.2, 0) is 25.8 Å². The van der Waals surface area contributed by atoms with Gasteiger partial charge in [-0.15, -0.1) is 0 Å². The number of rotatable bonds is 10. The van der Waals surface area contributed by atoms with Crippen molar-refractivity contribution in [3.63, 3.8) is 0 Å². The highest BCUT2D eigenvalue weighted by Crippen LogP contribution is 2.32. The molecule has 2 aromatic carbocycles. The van der Waals surface area contributed by atoms with Gasteiger partial charge in [0.25, 0.3) is 5.91 Å². The largest absolute Gasteiger partial charge is 0.379 e. The van der Waals surface area contributed by atoms with Crippen LogP contribution in [0.15, 0.2) is 53.4 Å².